The van der Waals surface area contributed by atoms with Crippen molar-refractivity contribution in [3.63, 3.8) is 0 Å². The fourth-order valence-corrected chi connectivity index (χ4v) is 6.13. The number of anilines is 2. The molecule has 2 aromatic heterocycles. The van der Waals surface area contributed by atoms with Gasteiger partial charge in [0.2, 0.25) is 11.7 Å². The molecule has 5 unspecified atom stereocenters. The third-order valence-electron chi connectivity index (χ3n) is 6.56. The molecule has 3 heterocycles. The van der Waals surface area contributed by atoms with Crippen LogP contribution in [0.25, 0.3) is 0 Å². The molecule has 0 aromatic carbocycles. The molecule has 196 valence electrons. The summed E-state index contributed by atoms with van der Waals surface area (Å²) < 4.78 is 12.2. The van der Waals surface area contributed by atoms with Crippen LogP contribution in [0, 0.1) is 16.0 Å². The first-order valence-electron chi connectivity index (χ1n) is 12.1. The maximum atomic E-state index is 12.7. The number of nitrogens with zero attached hydrogens (tertiary/aromatic N) is 2. The van der Waals surface area contributed by atoms with Crippen LogP contribution in [0.1, 0.15) is 45.4 Å². The Bertz CT molecular complexity index is 1110. The maximum Gasteiger partial charge on any atom is 0.334 e. The van der Waals surface area contributed by atoms with Gasteiger partial charge in [0.25, 0.3) is 0 Å². The molecule has 12 heteroatoms. The predicted octanol–water partition coefficient (Wildman–Crippen LogP) is 4.59. The summed E-state index contributed by atoms with van der Waals surface area (Å²) in [6.07, 6.45) is 2.43. The largest absolute Gasteiger partial charge is 0.376 e. The van der Waals surface area contributed by atoms with E-state index in [9.17, 15) is 14.9 Å². The number of thiophene rings is 1. The molecule has 1 saturated carbocycles. The summed E-state index contributed by atoms with van der Waals surface area (Å²) in [5.74, 6) is -1.29. The van der Waals surface area contributed by atoms with Crippen molar-refractivity contribution in [3.8, 4) is 0 Å². The van der Waals surface area contributed by atoms with Crippen LogP contribution < -0.4 is 16.0 Å². The van der Waals surface area contributed by atoms with Crippen molar-refractivity contribution in [1.82, 2.24) is 10.3 Å². The third-order valence-corrected chi connectivity index (χ3v) is 7.97. The highest BCUT2D eigenvalue weighted by molar-refractivity contribution is 7.10. The monoisotopic (exact) mass is 537 g/mol. The molecule has 0 bridgehead atoms. The number of nitro groups is 1. The molecule has 4 rings (SSSR count). The average molecular weight is 538 g/mol. The number of ether oxygens (including phenoxy) is 2. The quantitative estimate of drug-likeness (QED) is 0.296. The number of aromatic nitrogens is 1. The van der Waals surface area contributed by atoms with Crippen molar-refractivity contribution in [3.05, 3.63) is 43.7 Å². The standard InChI is InChI=1S/C24H32ClN5O5S/c1-5-13(11-18-15(25)8-10-36-18)28-16-7-9-27-22(19(16)30(32)33)29-17-12-14(23(31)26-6-2)20-21(17)35-24(3,4)34-20/h7-10,13-14,17,20-21H,5-6,11-12H2,1-4H3,(H,26,31)(H2,27,28,29). The van der Waals surface area contributed by atoms with Gasteiger partial charge in [-0.15, -0.1) is 11.3 Å². The molecule has 3 N–H and O–H groups in total. The van der Waals surface area contributed by atoms with Gasteiger partial charge in [-0.2, -0.15) is 0 Å². The van der Waals surface area contributed by atoms with E-state index in [0.717, 1.165) is 11.3 Å². The Balaban J connectivity index is 1.58. The Kier molecular flexibility index (Phi) is 8.03. The zero-order valence-electron chi connectivity index (χ0n) is 20.7. The minimum atomic E-state index is -0.861. The van der Waals surface area contributed by atoms with E-state index in [-0.39, 0.29) is 23.5 Å². The van der Waals surface area contributed by atoms with Crippen molar-refractivity contribution in [1.29, 1.82) is 0 Å². The molecule has 0 radical (unpaired) electrons. The lowest BCUT2D eigenvalue weighted by Gasteiger charge is -2.24. The van der Waals surface area contributed by atoms with Crippen LogP contribution in [0.5, 0.6) is 0 Å². The first-order valence-corrected chi connectivity index (χ1v) is 13.4. The Morgan fingerprint density at radius 2 is 2.08 bits per heavy atom. The molecule has 1 amide bonds. The average Bonchev–Trinajstić information content (AvgIpc) is 3.46. The van der Waals surface area contributed by atoms with E-state index in [1.165, 1.54) is 6.20 Å². The smallest absolute Gasteiger partial charge is 0.334 e. The third kappa shape index (κ3) is 5.59. The van der Waals surface area contributed by atoms with Gasteiger partial charge in [-0.05, 0) is 51.1 Å². The van der Waals surface area contributed by atoms with Gasteiger partial charge in [0.05, 0.1) is 21.9 Å². The number of amides is 1. The molecule has 10 nitrogen and oxygen atoms in total. The molecule has 5 atom stereocenters. The number of nitrogens with one attached hydrogen (secondary N) is 3. The Morgan fingerprint density at radius 3 is 2.72 bits per heavy atom. The molecule has 0 spiro atoms. The van der Waals surface area contributed by atoms with E-state index < -0.39 is 34.9 Å². The van der Waals surface area contributed by atoms with E-state index in [4.69, 9.17) is 21.1 Å². The number of halogens is 1. The number of hydrogen-bond donors (Lipinski definition) is 3. The second kappa shape index (κ2) is 10.9. The Morgan fingerprint density at radius 1 is 1.33 bits per heavy atom. The molecule has 1 aliphatic heterocycles. The highest BCUT2D eigenvalue weighted by atomic mass is 35.5. The summed E-state index contributed by atoms with van der Waals surface area (Å²) in [6, 6.07) is 3.01. The molecule has 1 aliphatic carbocycles. The molecule has 2 aromatic rings. The van der Waals surface area contributed by atoms with Gasteiger partial charge < -0.3 is 25.4 Å². The van der Waals surface area contributed by atoms with Crippen LogP contribution in [-0.2, 0) is 20.7 Å². The summed E-state index contributed by atoms with van der Waals surface area (Å²) in [7, 11) is 0. The van der Waals surface area contributed by atoms with Gasteiger partial charge >= 0.3 is 5.69 Å². The van der Waals surface area contributed by atoms with Crippen LogP contribution in [0.15, 0.2) is 23.7 Å². The first-order chi connectivity index (χ1) is 17.1. The highest BCUT2D eigenvalue weighted by Gasteiger charge is 2.56. The zero-order valence-corrected chi connectivity index (χ0v) is 22.3. The van der Waals surface area contributed by atoms with E-state index in [1.807, 2.05) is 25.3 Å². The molecule has 2 fully saturated rings. The van der Waals surface area contributed by atoms with Gasteiger partial charge in [-0.3, -0.25) is 14.9 Å². The number of fused-ring (bicyclic) bond motifs is 1. The lowest BCUT2D eigenvalue weighted by molar-refractivity contribution is -0.383. The van der Waals surface area contributed by atoms with Gasteiger partial charge in [0, 0.05) is 30.1 Å². The van der Waals surface area contributed by atoms with Crippen LogP contribution >= 0.6 is 22.9 Å². The van der Waals surface area contributed by atoms with Crippen molar-refractivity contribution in [2.24, 2.45) is 5.92 Å². The predicted molar refractivity (Wildman–Crippen MR) is 140 cm³/mol. The molecular formula is C24H32ClN5O5S. The Hall–Kier alpha value is -2.47. The van der Waals surface area contributed by atoms with E-state index in [0.29, 0.717) is 30.1 Å². The van der Waals surface area contributed by atoms with Crippen molar-refractivity contribution >= 4 is 46.0 Å². The van der Waals surface area contributed by atoms with Crippen LogP contribution in [0.4, 0.5) is 17.2 Å². The second-order valence-electron chi connectivity index (χ2n) is 9.51. The van der Waals surface area contributed by atoms with Crippen LogP contribution in [0.2, 0.25) is 5.02 Å². The molecule has 36 heavy (non-hydrogen) atoms. The topological polar surface area (TPSA) is 128 Å². The maximum absolute atomic E-state index is 12.7. The van der Waals surface area contributed by atoms with E-state index in [1.54, 1.807) is 31.3 Å². The van der Waals surface area contributed by atoms with Crippen LogP contribution in [-0.4, -0.2) is 52.4 Å². The SMILES string of the molecule is CCNC(=O)C1CC(Nc2nccc(NC(CC)Cc3sccc3Cl)c2[N+](=O)[O-])C2OC(C)(C)OC12. The number of carbonyl (C=O) groups excluding carboxylic acids is 1. The van der Waals surface area contributed by atoms with Gasteiger partial charge in [-0.25, -0.2) is 4.98 Å². The summed E-state index contributed by atoms with van der Waals surface area (Å²) in [5.41, 5.74) is 0.222. The van der Waals surface area contributed by atoms with Gasteiger partial charge in [-0.1, -0.05) is 18.5 Å². The van der Waals surface area contributed by atoms with Crippen molar-refractivity contribution < 1.29 is 19.2 Å². The van der Waals surface area contributed by atoms with E-state index in [2.05, 4.69) is 20.9 Å². The highest BCUT2D eigenvalue weighted by Crippen LogP contribution is 2.44. The number of rotatable bonds is 10. The minimum Gasteiger partial charge on any atom is -0.376 e. The fourth-order valence-electron chi connectivity index (χ4n) is 4.93. The van der Waals surface area contributed by atoms with E-state index >= 15 is 0 Å². The summed E-state index contributed by atoms with van der Waals surface area (Å²) >= 11 is 7.83. The van der Waals surface area contributed by atoms with Gasteiger partial charge in [0.15, 0.2) is 5.79 Å². The fraction of sp³-hybridized carbons (Fsp3) is 0.583. The van der Waals surface area contributed by atoms with Crippen molar-refractivity contribution in [2.45, 2.75) is 77.0 Å². The van der Waals surface area contributed by atoms with Crippen LogP contribution in [0.3, 0.4) is 0 Å². The normalized spacial score (nSPS) is 25.2. The number of pyridine rings is 1. The molecule has 2 aliphatic rings. The zero-order chi connectivity index (χ0) is 26.0. The lowest BCUT2D eigenvalue weighted by Crippen LogP contribution is -2.37. The Labute approximate surface area is 219 Å². The first kappa shape index (κ1) is 26.6. The van der Waals surface area contributed by atoms with Gasteiger partial charge in [0.1, 0.15) is 17.9 Å². The number of carbonyl (C=O) groups is 1. The lowest BCUT2D eigenvalue weighted by atomic mass is 10.0. The number of hydrogen-bond acceptors (Lipinski definition) is 9. The summed E-state index contributed by atoms with van der Waals surface area (Å²) in [5, 5.41) is 24.2. The van der Waals surface area contributed by atoms with Crippen molar-refractivity contribution in [2.75, 3.05) is 17.2 Å². The minimum absolute atomic E-state index is 0.0551. The molecule has 1 saturated heterocycles. The summed E-state index contributed by atoms with van der Waals surface area (Å²) in [4.78, 5) is 29.8. The molecular weight excluding hydrogens is 506 g/mol. The second-order valence-corrected chi connectivity index (χ2v) is 10.9. The summed E-state index contributed by atoms with van der Waals surface area (Å²) in [6.45, 7) is 7.98.